The molecule has 0 spiro atoms. The van der Waals surface area contributed by atoms with Crippen LogP contribution in [-0.2, 0) is 0 Å². The molecule has 3 nitrogen and oxygen atoms in total. The summed E-state index contributed by atoms with van der Waals surface area (Å²) in [6.07, 6.45) is 0. The Labute approximate surface area is 127 Å². The molecule has 0 unspecified atom stereocenters. The van der Waals surface area contributed by atoms with Gasteiger partial charge in [-0.15, -0.1) is 0 Å². The van der Waals surface area contributed by atoms with Crippen LogP contribution in [0.4, 0.5) is 0 Å². The molecule has 21 heavy (non-hydrogen) atoms. The number of halogens is 1. The van der Waals surface area contributed by atoms with E-state index in [9.17, 15) is 0 Å². The molecule has 0 N–H and O–H groups in total. The van der Waals surface area contributed by atoms with E-state index < -0.39 is 0 Å². The highest BCUT2D eigenvalue weighted by atomic mass is 35.5. The number of nitrogens with zero attached hydrogens (tertiary/aromatic N) is 2. The Bertz CT molecular complexity index is 868. The van der Waals surface area contributed by atoms with Gasteiger partial charge in [0.15, 0.2) is 0 Å². The number of hydrogen-bond acceptors (Lipinski definition) is 3. The first kappa shape index (κ1) is 13.4. The van der Waals surface area contributed by atoms with Crippen LogP contribution < -0.4 is 4.74 Å². The van der Waals surface area contributed by atoms with Crippen molar-refractivity contribution < 1.29 is 4.74 Å². The molecule has 102 valence electrons. The predicted molar refractivity (Wildman–Crippen MR) is 82.7 cm³/mol. The van der Waals surface area contributed by atoms with E-state index in [1.807, 2.05) is 31.2 Å². The molecule has 0 aliphatic rings. The summed E-state index contributed by atoms with van der Waals surface area (Å²) in [6, 6.07) is 16.8. The summed E-state index contributed by atoms with van der Waals surface area (Å²) in [6.45, 7) is 1.83. The quantitative estimate of drug-likeness (QED) is 0.678. The van der Waals surface area contributed by atoms with Crippen molar-refractivity contribution in [1.82, 2.24) is 4.98 Å². The Morgan fingerprint density at radius 1 is 1.10 bits per heavy atom. The third-order valence-electron chi connectivity index (χ3n) is 3.10. The number of rotatable bonds is 2. The first-order valence-electron chi connectivity index (χ1n) is 6.41. The Kier molecular flexibility index (Phi) is 3.47. The van der Waals surface area contributed by atoms with Crippen molar-refractivity contribution in [2.24, 2.45) is 0 Å². The second-order valence-electron chi connectivity index (χ2n) is 4.64. The normalized spacial score (nSPS) is 10.3. The number of fused-ring (bicyclic) bond motifs is 1. The lowest BCUT2D eigenvalue weighted by molar-refractivity contribution is 0.467. The van der Waals surface area contributed by atoms with Crippen LogP contribution in [0.2, 0.25) is 5.02 Å². The van der Waals surface area contributed by atoms with E-state index in [2.05, 4.69) is 11.1 Å². The zero-order valence-corrected chi connectivity index (χ0v) is 12.1. The molecular formula is C17H11ClN2O. The molecule has 0 bridgehead atoms. The predicted octanol–water partition coefficient (Wildman–Crippen LogP) is 4.86. The number of nitriles is 1. The average molecular weight is 295 g/mol. The van der Waals surface area contributed by atoms with E-state index in [0.717, 1.165) is 16.5 Å². The van der Waals surface area contributed by atoms with E-state index in [0.29, 0.717) is 22.2 Å². The average Bonchev–Trinajstić information content (AvgIpc) is 2.50. The van der Waals surface area contributed by atoms with E-state index >= 15 is 0 Å². The van der Waals surface area contributed by atoms with E-state index in [4.69, 9.17) is 21.6 Å². The molecular weight excluding hydrogens is 284 g/mol. The molecule has 0 radical (unpaired) electrons. The summed E-state index contributed by atoms with van der Waals surface area (Å²) in [4.78, 5) is 4.30. The van der Waals surface area contributed by atoms with Gasteiger partial charge in [-0.2, -0.15) is 5.26 Å². The van der Waals surface area contributed by atoms with Gasteiger partial charge in [0.25, 0.3) is 0 Å². The highest BCUT2D eigenvalue weighted by Gasteiger charge is 2.08. The van der Waals surface area contributed by atoms with E-state index in [-0.39, 0.29) is 0 Å². The minimum absolute atomic E-state index is 0.402. The summed E-state index contributed by atoms with van der Waals surface area (Å²) in [5, 5.41) is 11.5. The van der Waals surface area contributed by atoms with Crippen molar-refractivity contribution in [3.05, 3.63) is 64.8 Å². The third kappa shape index (κ3) is 2.67. The maximum absolute atomic E-state index is 9.01. The van der Waals surface area contributed by atoms with Crippen LogP contribution in [0.3, 0.4) is 0 Å². The monoisotopic (exact) mass is 294 g/mol. The standard InChI is InChI=1S/C17H11ClN2O/c1-11-8-12(10-19)9-17(20-11)21-16-7-6-15(18)13-4-2-3-5-14(13)16/h2-9H,1H3. The van der Waals surface area contributed by atoms with Crippen LogP contribution in [0.5, 0.6) is 11.6 Å². The zero-order valence-electron chi connectivity index (χ0n) is 11.3. The number of hydrogen-bond donors (Lipinski definition) is 0. The number of aromatic nitrogens is 1. The maximum atomic E-state index is 9.01. The van der Waals surface area contributed by atoms with Crippen molar-refractivity contribution in [2.75, 3.05) is 0 Å². The molecule has 0 amide bonds. The molecule has 0 aliphatic heterocycles. The van der Waals surface area contributed by atoms with Gasteiger partial charge in [0.2, 0.25) is 5.88 Å². The van der Waals surface area contributed by atoms with Gasteiger partial charge in [0.05, 0.1) is 11.6 Å². The number of ether oxygens (including phenoxy) is 1. The zero-order chi connectivity index (χ0) is 14.8. The first-order chi connectivity index (χ1) is 10.2. The Balaban J connectivity index is 2.09. The molecule has 1 aromatic heterocycles. The number of pyridine rings is 1. The highest BCUT2D eigenvalue weighted by Crippen LogP contribution is 2.33. The van der Waals surface area contributed by atoms with Crippen LogP contribution in [0.15, 0.2) is 48.5 Å². The summed E-state index contributed by atoms with van der Waals surface area (Å²) in [7, 11) is 0. The van der Waals surface area contributed by atoms with E-state index in [1.165, 1.54) is 0 Å². The SMILES string of the molecule is Cc1cc(C#N)cc(Oc2ccc(Cl)c3ccccc23)n1. The molecule has 1 heterocycles. The third-order valence-corrected chi connectivity index (χ3v) is 3.43. The summed E-state index contributed by atoms with van der Waals surface area (Å²) >= 11 is 6.19. The van der Waals surface area contributed by atoms with Crippen LogP contribution in [0.25, 0.3) is 10.8 Å². The smallest absolute Gasteiger partial charge is 0.220 e. The van der Waals surface area contributed by atoms with Gasteiger partial charge in [-0.3, -0.25) is 0 Å². The minimum atomic E-state index is 0.402. The number of benzene rings is 2. The fraction of sp³-hybridized carbons (Fsp3) is 0.0588. The Morgan fingerprint density at radius 3 is 2.62 bits per heavy atom. The van der Waals surface area contributed by atoms with Crippen LogP contribution in [-0.4, -0.2) is 4.98 Å². The van der Waals surface area contributed by atoms with E-state index in [1.54, 1.807) is 24.3 Å². The van der Waals surface area contributed by atoms with Crippen molar-refractivity contribution >= 4 is 22.4 Å². The molecule has 0 fully saturated rings. The van der Waals surface area contributed by atoms with Crippen molar-refractivity contribution in [1.29, 1.82) is 5.26 Å². The second-order valence-corrected chi connectivity index (χ2v) is 5.05. The lowest BCUT2D eigenvalue weighted by Gasteiger charge is -2.10. The lowest BCUT2D eigenvalue weighted by Crippen LogP contribution is -1.92. The van der Waals surface area contributed by atoms with Gasteiger partial charge in [-0.25, -0.2) is 4.98 Å². The maximum Gasteiger partial charge on any atom is 0.220 e. The molecule has 0 saturated carbocycles. The van der Waals surface area contributed by atoms with Gasteiger partial charge in [-0.1, -0.05) is 35.9 Å². The summed E-state index contributed by atoms with van der Waals surface area (Å²) < 4.78 is 5.85. The molecule has 0 aliphatic carbocycles. The molecule has 0 atom stereocenters. The van der Waals surface area contributed by atoms with Crippen LogP contribution >= 0.6 is 11.6 Å². The fourth-order valence-electron chi connectivity index (χ4n) is 2.19. The second kappa shape index (κ2) is 5.43. The van der Waals surface area contributed by atoms with Gasteiger partial charge in [0.1, 0.15) is 5.75 Å². The van der Waals surface area contributed by atoms with Gasteiger partial charge < -0.3 is 4.74 Å². The van der Waals surface area contributed by atoms with Crippen molar-refractivity contribution in [3.8, 4) is 17.7 Å². The molecule has 2 aromatic carbocycles. The van der Waals surface area contributed by atoms with Crippen molar-refractivity contribution in [3.63, 3.8) is 0 Å². The van der Waals surface area contributed by atoms with Crippen LogP contribution in [0, 0.1) is 18.3 Å². The summed E-state index contributed by atoms with van der Waals surface area (Å²) in [5.74, 6) is 1.07. The fourth-order valence-corrected chi connectivity index (χ4v) is 2.42. The Morgan fingerprint density at radius 2 is 1.86 bits per heavy atom. The highest BCUT2D eigenvalue weighted by molar-refractivity contribution is 6.35. The topological polar surface area (TPSA) is 45.9 Å². The number of aryl methyl sites for hydroxylation is 1. The van der Waals surface area contributed by atoms with Crippen molar-refractivity contribution in [2.45, 2.75) is 6.92 Å². The molecule has 3 aromatic rings. The molecule has 0 saturated heterocycles. The lowest BCUT2D eigenvalue weighted by atomic mass is 10.1. The molecule has 3 rings (SSSR count). The minimum Gasteiger partial charge on any atom is -0.438 e. The van der Waals surface area contributed by atoms with Gasteiger partial charge in [-0.05, 0) is 25.1 Å². The molecule has 4 heteroatoms. The van der Waals surface area contributed by atoms with Gasteiger partial charge in [0, 0.05) is 27.6 Å². The van der Waals surface area contributed by atoms with Crippen LogP contribution in [0.1, 0.15) is 11.3 Å². The Hall–Kier alpha value is -2.57. The summed E-state index contributed by atoms with van der Waals surface area (Å²) in [5.41, 5.74) is 1.26. The van der Waals surface area contributed by atoms with Gasteiger partial charge >= 0.3 is 0 Å². The first-order valence-corrected chi connectivity index (χ1v) is 6.79. The largest absolute Gasteiger partial charge is 0.438 e.